The summed E-state index contributed by atoms with van der Waals surface area (Å²) < 4.78 is 27.3. The van der Waals surface area contributed by atoms with E-state index in [9.17, 15) is 8.42 Å². The molecule has 0 spiro atoms. The molecule has 2 atom stereocenters. The molecule has 3 rings (SSSR count). The van der Waals surface area contributed by atoms with E-state index >= 15 is 0 Å². The van der Waals surface area contributed by atoms with E-state index in [-0.39, 0.29) is 11.0 Å². The van der Waals surface area contributed by atoms with Crippen molar-refractivity contribution in [2.24, 2.45) is 5.41 Å². The van der Waals surface area contributed by atoms with Crippen LogP contribution in [-0.2, 0) is 10.0 Å². The summed E-state index contributed by atoms with van der Waals surface area (Å²) in [4.78, 5) is 0.404. The van der Waals surface area contributed by atoms with E-state index in [1.807, 2.05) is 19.1 Å². The largest absolute Gasteiger partial charge is 0.243 e. The van der Waals surface area contributed by atoms with Gasteiger partial charge in [-0.1, -0.05) is 36.8 Å². The minimum absolute atomic E-state index is 0.0690. The molecule has 1 aromatic rings. The zero-order chi connectivity index (χ0) is 14.6. The van der Waals surface area contributed by atoms with Gasteiger partial charge in [0, 0.05) is 17.5 Å². The van der Waals surface area contributed by atoms with Crippen LogP contribution >= 0.6 is 0 Å². The lowest BCUT2D eigenvalue weighted by Gasteiger charge is -2.64. The molecule has 0 saturated carbocycles. The molecular weight excluding hydrogens is 270 g/mol. The number of benzene rings is 1. The molecule has 1 saturated heterocycles. The third-order valence-electron chi connectivity index (χ3n) is 5.20. The van der Waals surface area contributed by atoms with Crippen LogP contribution in [0.4, 0.5) is 0 Å². The SMILES string of the molecule is Cc1ccc(S(=O)(=O)N2C[C@@]3(C)CC=CC[C@@]23C)cc1. The van der Waals surface area contributed by atoms with Crippen LogP contribution in [0.3, 0.4) is 0 Å². The highest BCUT2D eigenvalue weighted by Gasteiger charge is 2.62. The van der Waals surface area contributed by atoms with Crippen molar-refractivity contribution in [1.82, 2.24) is 4.31 Å². The third-order valence-corrected chi connectivity index (χ3v) is 7.18. The van der Waals surface area contributed by atoms with Crippen LogP contribution in [-0.4, -0.2) is 24.8 Å². The number of hydrogen-bond acceptors (Lipinski definition) is 2. The summed E-state index contributed by atoms with van der Waals surface area (Å²) in [6, 6.07) is 7.13. The second-order valence-electron chi connectivity index (χ2n) is 6.54. The molecule has 1 aliphatic heterocycles. The zero-order valence-electron chi connectivity index (χ0n) is 12.3. The van der Waals surface area contributed by atoms with Gasteiger partial charge in [-0.05, 0) is 38.8 Å². The molecule has 20 heavy (non-hydrogen) atoms. The van der Waals surface area contributed by atoms with Gasteiger partial charge in [0.15, 0.2) is 0 Å². The maximum atomic E-state index is 12.8. The first-order valence-electron chi connectivity index (χ1n) is 7.04. The Labute approximate surface area is 121 Å². The number of fused-ring (bicyclic) bond motifs is 1. The normalized spacial score (nSPS) is 33.5. The van der Waals surface area contributed by atoms with Crippen LogP contribution in [0.15, 0.2) is 41.3 Å². The molecule has 1 heterocycles. The van der Waals surface area contributed by atoms with Gasteiger partial charge in [-0.25, -0.2) is 8.42 Å². The molecule has 1 aromatic carbocycles. The number of nitrogens with zero attached hydrogens (tertiary/aromatic N) is 1. The van der Waals surface area contributed by atoms with E-state index in [2.05, 4.69) is 26.0 Å². The highest BCUT2D eigenvalue weighted by atomic mass is 32.2. The van der Waals surface area contributed by atoms with Crippen molar-refractivity contribution in [3.05, 3.63) is 42.0 Å². The first kappa shape index (κ1) is 13.8. The van der Waals surface area contributed by atoms with Crippen LogP contribution in [0.2, 0.25) is 0 Å². The van der Waals surface area contributed by atoms with Crippen molar-refractivity contribution < 1.29 is 8.42 Å². The predicted molar refractivity (Wildman–Crippen MR) is 80.0 cm³/mol. The molecular formula is C16H21NO2S. The first-order chi connectivity index (χ1) is 9.30. The summed E-state index contributed by atoms with van der Waals surface area (Å²) in [6.45, 7) is 6.85. The number of aryl methyl sites for hydroxylation is 1. The Balaban J connectivity index is 1.98. The fraction of sp³-hybridized carbons (Fsp3) is 0.500. The van der Waals surface area contributed by atoms with Crippen LogP contribution in [0, 0.1) is 12.3 Å². The molecule has 108 valence electrons. The quantitative estimate of drug-likeness (QED) is 0.785. The molecule has 0 amide bonds. The van der Waals surface area contributed by atoms with Gasteiger partial charge in [0.25, 0.3) is 0 Å². The highest BCUT2D eigenvalue weighted by Crippen LogP contribution is 2.55. The summed E-state index contributed by atoms with van der Waals surface area (Å²) in [7, 11) is -3.39. The molecule has 0 radical (unpaired) electrons. The summed E-state index contributed by atoms with van der Waals surface area (Å²) in [6.07, 6.45) is 6.05. The first-order valence-corrected chi connectivity index (χ1v) is 8.48. The predicted octanol–water partition coefficient (Wildman–Crippen LogP) is 3.11. The van der Waals surface area contributed by atoms with Gasteiger partial charge in [-0.15, -0.1) is 0 Å². The zero-order valence-corrected chi connectivity index (χ0v) is 13.1. The van der Waals surface area contributed by atoms with Gasteiger partial charge in [0.1, 0.15) is 0 Å². The van der Waals surface area contributed by atoms with Crippen LogP contribution in [0.5, 0.6) is 0 Å². The number of sulfonamides is 1. The van der Waals surface area contributed by atoms with Crippen molar-refractivity contribution in [1.29, 1.82) is 0 Å². The number of allylic oxidation sites excluding steroid dienone is 1. The Morgan fingerprint density at radius 2 is 1.65 bits per heavy atom. The maximum absolute atomic E-state index is 12.8. The lowest BCUT2D eigenvalue weighted by molar-refractivity contribution is -0.0807. The fourth-order valence-electron chi connectivity index (χ4n) is 3.35. The van der Waals surface area contributed by atoms with E-state index in [0.717, 1.165) is 18.4 Å². The Kier molecular flexibility index (Phi) is 2.89. The standard InChI is InChI=1S/C16H21NO2S/c1-13-6-8-14(9-7-13)20(18,19)17-12-15(2)10-4-5-11-16(15,17)3/h4-9H,10-12H2,1-3H3/t15-,16-/m1/s1. The van der Waals surface area contributed by atoms with E-state index in [4.69, 9.17) is 0 Å². The van der Waals surface area contributed by atoms with Crippen molar-refractivity contribution in [2.45, 2.75) is 44.0 Å². The molecule has 1 aliphatic carbocycles. The highest BCUT2D eigenvalue weighted by molar-refractivity contribution is 7.89. The van der Waals surface area contributed by atoms with Crippen molar-refractivity contribution in [3.63, 3.8) is 0 Å². The van der Waals surface area contributed by atoms with Crippen LogP contribution in [0.1, 0.15) is 32.3 Å². The fourth-order valence-corrected chi connectivity index (χ4v) is 5.36. The Bertz CT molecular complexity index is 662. The lowest BCUT2D eigenvalue weighted by Crippen LogP contribution is -2.73. The van der Waals surface area contributed by atoms with Crippen molar-refractivity contribution in [3.8, 4) is 0 Å². The van der Waals surface area contributed by atoms with Gasteiger partial charge < -0.3 is 0 Å². The minimum atomic E-state index is -3.39. The topological polar surface area (TPSA) is 37.4 Å². The Morgan fingerprint density at radius 1 is 1.05 bits per heavy atom. The van der Waals surface area contributed by atoms with Gasteiger partial charge in [0.05, 0.1) is 4.90 Å². The average molecular weight is 291 g/mol. The Morgan fingerprint density at radius 3 is 2.25 bits per heavy atom. The molecule has 2 aliphatic rings. The average Bonchev–Trinajstić information content (AvgIpc) is 2.39. The van der Waals surface area contributed by atoms with Crippen LogP contribution < -0.4 is 0 Å². The summed E-state index contributed by atoms with van der Waals surface area (Å²) in [5.74, 6) is 0. The van der Waals surface area contributed by atoms with Gasteiger partial charge in [-0.3, -0.25) is 0 Å². The van der Waals surface area contributed by atoms with Gasteiger partial charge >= 0.3 is 0 Å². The summed E-state index contributed by atoms with van der Waals surface area (Å²) in [5, 5.41) is 0. The van der Waals surface area contributed by atoms with Crippen molar-refractivity contribution >= 4 is 10.0 Å². The van der Waals surface area contributed by atoms with Crippen molar-refractivity contribution in [2.75, 3.05) is 6.54 Å². The minimum Gasteiger partial charge on any atom is -0.207 e. The molecule has 0 N–H and O–H groups in total. The Hall–Kier alpha value is -1.13. The molecule has 0 unspecified atom stereocenters. The maximum Gasteiger partial charge on any atom is 0.243 e. The van der Waals surface area contributed by atoms with Gasteiger partial charge in [0.2, 0.25) is 10.0 Å². The van der Waals surface area contributed by atoms with E-state index < -0.39 is 10.0 Å². The smallest absolute Gasteiger partial charge is 0.207 e. The molecule has 3 nitrogen and oxygen atoms in total. The lowest BCUT2D eigenvalue weighted by atomic mass is 9.59. The monoisotopic (exact) mass is 291 g/mol. The van der Waals surface area contributed by atoms with E-state index in [1.165, 1.54) is 0 Å². The molecule has 0 bridgehead atoms. The number of rotatable bonds is 2. The van der Waals surface area contributed by atoms with E-state index in [0.29, 0.717) is 11.4 Å². The van der Waals surface area contributed by atoms with Crippen LogP contribution in [0.25, 0.3) is 0 Å². The van der Waals surface area contributed by atoms with E-state index in [1.54, 1.807) is 16.4 Å². The second kappa shape index (κ2) is 4.18. The molecule has 0 aromatic heterocycles. The third kappa shape index (κ3) is 1.71. The summed E-state index contributed by atoms with van der Waals surface area (Å²) in [5.41, 5.74) is 0.856. The number of hydrogen-bond donors (Lipinski definition) is 0. The van der Waals surface area contributed by atoms with Gasteiger partial charge in [-0.2, -0.15) is 4.31 Å². The summed E-state index contributed by atoms with van der Waals surface area (Å²) >= 11 is 0. The molecule has 4 heteroatoms. The second-order valence-corrected chi connectivity index (χ2v) is 8.40. The molecule has 1 fully saturated rings.